The monoisotopic (exact) mass is 663 g/mol. The van der Waals surface area contributed by atoms with E-state index in [9.17, 15) is 34.8 Å². The van der Waals surface area contributed by atoms with E-state index >= 15 is 0 Å². The number of benzene rings is 3. The molecule has 13 heteroatoms. The molecular formula is C35H37NO12. The van der Waals surface area contributed by atoms with Gasteiger partial charge in [0.15, 0.2) is 12.4 Å². The molecule has 254 valence electrons. The van der Waals surface area contributed by atoms with E-state index in [1.807, 2.05) is 4.90 Å². The van der Waals surface area contributed by atoms with Crippen molar-refractivity contribution in [3.63, 3.8) is 0 Å². The number of ether oxygens (including phenoxy) is 5. The zero-order chi connectivity index (χ0) is 33.8. The number of carbonyl (C=O) groups excluding carboxylic acids is 3. The van der Waals surface area contributed by atoms with E-state index < -0.39 is 85.7 Å². The van der Waals surface area contributed by atoms with Crippen LogP contribution in [0, 0.1) is 0 Å². The molecule has 3 aromatic rings. The summed E-state index contributed by atoms with van der Waals surface area (Å²) in [6.07, 6.45) is -12.3. The molecule has 10 atom stereocenters. The smallest absolute Gasteiger partial charge is 0.338 e. The van der Waals surface area contributed by atoms with Crippen molar-refractivity contribution in [3.8, 4) is 0 Å². The van der Waals surface area contributed by atoms with Crippen molar-refractivity contribution < 1.29 is 58.5 Å². The predicted molar refractivity (Wildman–Crippen MR) is 166 cm³/mol. The third-order valence-electron chi connectivity index (χ3n) is 8.87. The molecule has 0 amide bonds. The highest BCUT2D eigenvalue weighted by atomic mass is 16.7. The van der Waals surface area contributed by atoms with Crippen molar-refractivity contribution >= 4 is 17.9 Å². The van der Waals surface area contributed by atoms with Gasteiger partial charge in [-0.3, -0.25) is 4.90 Å². The van der Waals surface area contributed by atoms with Crippen molar-refractivity contribution in [1.82, 2.24) is 4.90 Å². The first-order valence-electron chi connectivity index (χ1n) is 15.7. The number of hydrogen-bond acceptors (Lipinski definition) is 13. The van der Waals surface area contributed by atoms with Gasteiger partial charge in [0, 0.05) is 13.1 Å². The Kier molecular flexibility index (Phi) is 10.5. The van der Waals surface area contributed by atoms with Crippen LogP contribution in [0.1, 0.15) is 37.5 Å². The quantitative estimate of drug-likeness (QED) is 0.188. The highest BCUT2D eigenvalue weighted by Gasteiger charge is 2.57. The molecule has 3 aliphatic heterocycles. The van der Waals surface area contributed by atoms with Crippen LogP contribution in [0.3, 0.4) is 0 Å². The maximum absolute atomic E-state index is 13.6. The molecule has 3 aliphatic rings. The Bertz CT molecular complexity index is 1540. The summed E-state index contributed by atoms with van der Waals surface area (Å²) < 4.78 is 30.0. The third kappa shape index (κ3) is 7.12. The van der Waals surface area contributed by atoms with Gasteiger partial charge in [0.2, 0.25) is 0 Å². The molecule has 3 aromatic carbocycles. The second-order valence-electron chi connectivity index (χ2n) is 11.9. The number of piperidine rings is 1. The number of rotatable bonds is 9. The Morgan fingerprint density at radius 2 is 1.17 bits per heavy atom. The summed E-state index contributed by atoms with van der Waals surface area (Å²) in [7, 11) is 0. The first-order chi connectivity index (χ1) is 23.2. The largest absolute Gasteiger partial charge is 0.457 e. The lowest BCUT2D eigenvalue weighted by molar-refractivity contribution is -0.329. The lowest BCUT2D eigenvalue weighted by Gasteiger charge is -2.48. The van der Waals surface area contributed by atoms with Gasteiger partial charge in [0.25, 0.3) is 0 Å². The van der Waals surface area contributed by atoms with Crippen molar-refractivity contribution in [1.29, 1.82) is 0 Å². The molecule has 0 radical (unpaired) electrons. The molecule has 4 N–H and O–H groups in total. The second-order valence-corrected chi connectivity index (χ2v) is 11.9. The van der Waals surface area contributed by atoms with E-state index in [0.29, 0.717) is 18.5 Å². The van der Waals surface area contributed by atoms with Gasteiger partial charge in [-0.2, -0.15) is 0 Å². The van der Waals surface area contributed by atoms with Crippen molar-refractivity contribution in [2.45, 2.75) is 67.6 Å². The minimum absolute atomic E-state index is 0.0596. The number of carbonyl (C=O) groups is 3. The van der Waals surface area contributed by atoms with Gasteiger partial charge in [-0.25, -0.2) is 14.4 Å². The van der Waals surface area contributed by atoms with Crippen molar-refractivity contribution in [3.05, 3.63) is 108 Å². The summed E-state index contributed by atoms with van der Waals surface area (Å²) in [6.45, 7) is -0.255. The average Bonchev–Trinajstić information content (AvgIpc) is 3.52. The fourth-order valence-corrected chi connectivity index (χ4v) is 6.42. The zero-order valence-electron chi connectivity index (χ0n) is 25.8. The molecular weight excluding hydrogens is 626 g/mol. The van der Waals surface area contributed by atoms with Crippen LogP contribution in [-0.4, -0.2) is 124 Å². The van der Waals surface area contributed by atoms with Gasteiger partial charge >= 0.3 is 17.9 Å². The molecule has 0 saturated carbocycles. The van der Waals surface area contributed by atoms with Crippen LogP contribution in [0.5, 0.6) is 0 Å². The third-order valence-corrected chi connectivity index (χ3v) is 8.87. The number of esters is 3. The molecule has 0 unspecified atom stereocenters. The van der Waals surface area contributed by atoms with E-state index in [1.54, 1.807) is 91.0 Å². The lowest BCUT2D eigenvalue weighted by atomic mass is 9.91. The Balaban J connectivity index is 1.36. The standard InChI is InChI=1S/C35H37NO12/c37-19-25-27(38)28(39)29(40)35(46-25)48-30-24(45-33(42)21-12-6-2-7-13-21)18-36-17-16-23(44-32(41)20-10-4-1-5-11-20)26(36)31(30)47-34(43)22-14-8-3-9-15-22/h1-15,23-31,35,37-40H,16-19H2/t23-,24-,25+,26+,27+,28-,29+,30+,31+,35-/m0/s1. The van der Waals surface area contributed by atoms with Crippen LogP contribution in [0.25, 0.3) is 0 Å². The van der Waals surface area contributed by atoms with Gasteiger partial charge in [-0.05, 0) is 42.8 Å². The van der Waals surface area contributed by atoms with Crippen LogP contribution in [0.4, 0.5) is 0 Å². The number of aliphatic hydroxyl groups excluding tert-OH is 4. The highest BCUT2D eigenvalue weighted by molar-refractivity contribution is 5.90. The van der Waals surface area contributed by atoms with E-state index in [2.05, 4.69) is 0 Å². The van der Waals surface area contributed by atoms with Crippen molar-refractivity contribution in [2.24, 2.45) is 0 Å². The Morgan fingerprint density at radius 3 is 1.69 bits per heavy atom. The molecule has 3 heterocycles. The van der Waals surface area contributed by atoms with E-state index in [0.717, 1.165) is 0 Å². The molecule has 0 aliphatic carbocycles. The number of fused-ring (bicyclic) bond motifs is 1. The minimum atomic E-state index is -1.80. The van der Waals surface area contributed by atoms with Crippen LogP contribution in [-0.2, 0) is 23.7 Å². The molecule has 3 fully saturated rings. The molecule has 48 heavy (non-hydrogen) atoms. The second kappa shape index (κ2) is 14.9. The average molecular weight is 664 g/mol. The lowest BCUT2D eigenvalue weighted by Crippen LogP contribution is -2.67. The Hall–Kier alpha value is -4.21. The van der Waals surface area contributed by atoms with Gasteiger partial charge in [-0.1, -0.05) is 54.6 Å². The van der Waals surface area contributed by atoms with Crippen LogP contribution >= 0.6 is 0 Å². The summed E-state index contributed by atoms with van der Waals surface area (Å²) in [5.74, 6) is -2.02. The van der Waals surface area contributed by atoms with E-state index in [4.69, 9.17) is 23.7 Å². The summed E-state index contributed by atoms with van der Waals surface area (Å²) in [4.78, 5) is 42.0. The normalized spacial score (nSPS) is 31.8. The first kappa shape index (κ1) is 33.7. The molecule has 13 nitrogen and oxygen atoms in total. The summed E-state index contributed by atoms with van der Waals surface area (Å²) in [5, 5.41) is 41.6. The first-order valence-corrected chi connectivity index (χ1v) is 15.7. The number of aliphatic hydroxyl groups is 4. The fraction of sp³-hybridized carbons (Fsp3) is 0.400. The zero-order valence-corrected chi connectivity index (χ0v) is 25.8. The van der Waals surface area contributed by atoms with Gasteiger partial charge in [0.1, 0.15) is 42.7 Å². The molecule has 6 rings (SSSR count). The maximum atomic E-state index is 13.6. The molecule has 0 spiro atoms. The summed E-state index contributed by atoms with van der Waals surface area (Å²) in [5.41, 5.74) is 0.795. The predicted octanol–water partition coefficient (Wildman–Crippen LogP) is 0.936. The van der Waals surface area contributed by atoms with Gasteiger partial charge in [-0.15, -0.1) is 0 Å². The topological polar surface area (TPSA) is 182 Å². The summed E-state index contributed by atoms with van der Waals surface area (Å²) in [6, 6.07) is 24.1. The van der Waals surface area contributed by atoms with Crippen LogP contribution in [0.15, 0.2) is 91.0 Å². The maximum Gasteiger partial charge on any atom is 0.338 e. The van der Waals surface area contributed by atoms with Crippen LogP contribution in [0.2, 0.25) is 0 Å². The SMILES string of the molecule is O=C(O[C@H]1[C@H](O[C@@H]2O[C@H](CO)[C@@H](O)[C@H](O)[C@H]2O)[C@@H](OC(=O)c2ccccc2)CN2CC[C@H](OC(=O)c3ccccc3)[C@H]12)c1ccccc1. The van der Waals surface area contributed by atoms with Crippen LogP contribution < -0.4 is 0 Å². The summed E-state index contributed by atoms with van der Waals surface area (Å²) >= 11 is 0. The minimum Gasteiger partial charge on any atom is -0.457 e. The Labute approximate surface area is 276 Å². The Morgan fingerprint density at radius 1 is 0.667 bits per heavy atom. The van der Waals surface area contributed by atoms with E-state index in [1.165, 1.54) is 0 Å². The fourth-order valence-electron chi connectivity index (χ4n) is 6.42. The molecule has 0 bridgehead atoms. The van der Waals surface area contributed by atoms with Gasteiger partial charge in [0.05, 0.1) is 29.3 Å². The molecule has 3 saturated heterocycles. The number of nitrogens with zero attached hydrogens (tertiary/aromatic N) is 1. The van der Waals surface area contributed by atoms with Crippen molar-refractivity contribution in [2.75, 3.05) is 19.7 Å². The van der Waals surface area contributed by atoms with Gasteiger partial charge < -0.3 is 44.1 Å². The van der Waals surface area contributed by atoms with E-state index in [-0.39, 0.29) is 17.7 Å². The highest BCUT2D eigenvalue weighted by Crippen LogP contribution is 2.37. The number of hydrogen-bond donors (Lipinski definition) is 4. The molecule has 0 aromatic heterocycles.